The number of nitrogens with one attached hydrogen (secondary N) is 1. The molecule has 0 aliphatic heterocycles. The summed E-state index contributed by atoms with van der Waals surface area (Å²) in [7, 11) is 1.64. The summed E-state index contributed by atoms with van der Waals surface area (Å²) < 4.78 is 5.16. The van der Waals surface area contributed by atoms with Gasteiger partial charge < -0.3 is 15.0 Å². The van der Waals surface area contributed by atoms with E-state index in [0.717, 1.165) is 24.2 Å². The van der Waals surface area contributed by atoms with E-state index in [2.05, 4.69) is 5.32 Å². The van der Waals surface area contributed by atoms with Crippen LogP contribution in [0.15, 0.2) is 24.3 Å². The summed E-state index contributed by atoms with van der Waals surface area (Å²) in [5.74, 6) is 0.888. The average molecular weight is 332 g/mol. The molecule has 0 radical (unpaired) electrons. The standard InChI is InChI=1S/C19H28N2O3/c1-19(2,3)18(23)20-12-11-17(22)21(15-7-8-15)13-14-5-9-16(24-4)10-6-14/h5-6,9-10,15H,7-8,11-13H2,1-4H3,(H,20,23). The first-order valence-electron chi connectivity index (χ1n) is 8.52. The van der Waals surface area contributed by atoms with Crippen LogP contribution in [0.3, 0.4) is 0 Å². The van der Waals surface area contributed by atoms with Gasteiger partial charge >= 0.3 is 0 Å². The summed E-state index contributed by atoms with van der Waals surface area (Å²) in [5.41, 5.74) is 0.664. The van der Waals surface area contributed by atoms with Crippen molar-refractivity contribution in [1.82, 2.24) is 10.2 Å². The topological polar surface area (TPSA) is 58.6 Å². The van der Waals surface area contributed by atoms with E-state index in [1.165, 1.54) is 0 Å². The lowest BCUT2D eigenvalue weighted by Gasteiger charge is -2.23. The predicted octanol–water partition coefficient (Wildman–Crippen LogP) is 2.74. The minimum atomic E-state index is -0.428. The Kier molecular flexibility index (Phi) is 5.86. The highest BCUT2D eigenvalue weighted by atomic mass is 16.5. The molecule has 0 spiro atoms. The first-order chi connectivity index (χ1) is 11.3. The van der Waals surface area contributed by atoms with Gasteiger partial charge in [-0.15, -0.1) is 0 Å². The van der Waals surface area contributed by atoms with Crippen molar-refractivity contribution in [2.75, 3.05) is 13.7 Å². The highest BCUT2D eigenvalue weighted by molar-refractivity contribution is 5.82. The van der Waals surface area contributed by atoms with Crippen molar-refractivity contribution >= 4 is 11.8 Å². The van der Waals surface area contributed by atoms with Crippen molar-refractivity contribution in [3.63, 3.8) is 0 Å². The van der Waals surface area contributed by atoms with Crippen LogP contribution in [0.2, 0.25) is 0 Å². The average Bonchev–Trinajstić information content (AvgIpc) is 3.36. The zero-order valence-electron chi connectivity index (χ0n) is 15.1. The van der Waals surface area contributed by atoms with Crippen molar-refractivity contribution in [3.05, 3.63) is 29.8 Å². The van der Waals surface area contributed by atoms with Crippen LogP contribution in [0.1, 0.15) is 45.6 Å². The third kappa shape index (κ3) is 5.25. The molecule has 1 N–H and O–H groups in total. The van der Waals surface area contributed by atoms with Gasteiger partial charge in [0.1, 0.15) is 5.75 Å². The lowest BCUT2D eigenvalue weighted by Crippen LogP contribution is -2.39. The normalized spacial score (nSPS) is 14.2. The number of carbonyl (C=O) groups excluding carboxylic acids is 2. The van der Waals surface area contributed by atoms with Gasteiger partial charge in [0, 0.05) is 31.0 Å². The maximum atomic E-state index is 12.5. The van der Waals surface area contributed by atoms with Crippen molar-refractivity contribution < 1.29 is 14.3 Å². The molecule has 5 heteroatoms. The minimum Gasteiger partial charge on any atom is -0.497 e. The third-order valence-corrected chi connectivity index (χ3v) is 4.13. The molecule has 0 unspecified atom stereocenters. The largest absolute Gasteiger partial charge is 0.497 e. The van der Waals surface area contributed by atoms with Crippen molar-refractivity contribution in [2.45, 2.75) is 52.6 Å². The molecule has 0 heterocycles. The first-order valence-corrected chi connectivity index (χ1v) is 8.52. The Morgan fingerprint density at radius 1 is 1.21 bits per heavy atom. The van der Waals surface area contributed by atoms with Gasteiger partial charge in [0.15, 0.2) is 0 Å². The molecule has 132 valence electrons. The van der Waals surface area contributed by atoms with E-state index in [1.807, 2.05) is 49.9 Å². The van der Waals surface area contributed by atoms with Crippen LogP contribution < -0.4 is 10.1 Å². The van der Waals surface area contributed by atoms with E-state index in [4.69, 9.17) is 4.74 Å². The number of methoxy groups -OCH3 is 1. The second-order valence-corrected chi connectivity index (χ2v) is 7.36. The van der Waals surface area contributed by atoms with Crippen LogP contribution in [0.5, 0.6) is 5.75 Å². The zero-order valence-corrected chi connectivity index (χ0v) is 15.1. The van der Waals surface area contributed by atoms with Crippen LogP contribution in [-0.2, 0) is 16.1 Å². The molecule has 1 fully saturated rings. The molecule has 2 amide bonds. The summed E-state index contributed by atoms with van der Waals surface area (Å²) in [6.45, 7) is 6.60. The number of amides is 2. The lowest BCUT2D eigenvalue weighted by molar-refractivity contribution is -0.132. The predicted molar refractivity (Wildman–Crippen MR) is 93.6 cm³/mol. The molecule has 0 saturated heterocycles. The fourth-order valence-electron chi connectivity index (χ4n) is 2.43. The molecule has 24 heavy (non-hydrogen) atoms. The van der Waals surface area contributed by atoms with Gasteiger partial charge in [-0.3, -0.25) is 9.59 Å². The van der Waals surface area contributed by atoms with Crippen molar-refractivity contribution in [2.24, 2.45) is 5.41 Å². The van der Waals surface area contributed by atoms with Gasteiger partial charge in [-0.25, -0.2) is 0 Å². The van der Waals surface area contributed by atoms with Gasteiger partial charge in [0.05, 0.1) is 7.11 Å². The molecule has 1 aromatic carbocycles. The summed E-state index contributed by atoms with van der Waals surface area (Å²) in [6, 6.07) is 8.15. The zero-order chi connectivity index (χ0) is 17.7. The highest BCUT2D eigenvalue weighted by Crippen LogP contribution is 2.29. The van der Waals surface area contributed by atoms with E-state index >= 15 is 0 Å². The Morgan fingerprint density at radius 3 is 2.33 bits per heavy atom. The Labute approximate surface area is 144 Å². The van der Waals surface area contributed by atoms with E-state index in [1.54, 1.807) is 7.11 Å². The highest BCUT2D eigenvalue weighted by Gasteiger charge is 2.32. The SMILES string of the molecule is COc1ccc(CN(C(=O)CCNC(=O)C(C)(C)C)C2CC2)cc1. The fraction of sp³-hybridized carbons (Fsp3) is 0.579. The molecule has 0 aromatic heterocycles. The third-order valence-electron chi connectivity index (χ3n) is 4.13. The van der Waals surface area contributed by atoms with Crippen molar-refractivity contribution in [1.29, 1.82) is 0 Å². The molecule has 1 saturated carbocycles. The number of hydrogen-bond donors (Lipinski definition) is 1. The van der Waals surface area contributed by atoms with Gasteiger partial charge in [0.2, 0.25) is 11.8 Å². The second-order valence-electron chi connectivity index (χ2n) is 7.36. The van der Waals surface area contributed by atoms with Crippen LogP contribution in [0, 0.1) is 5.41 Å². The summed E-state index contributed by atoms with van der Waals surface area (Å²) in [4.78, 5) is 26.3. The number of nitrogens with zero attached hydrogens (tertiary/aromatic N) is 1. The molecule has 5 nitrogen and oxygen atoms in total. The Morgan fingerprint density at radius 2 is 1.83 bits per heavy atom. The van der Waals surface area contributed by atoms with Gasteiger partial charge in [-0.2, -0.15) is 0 Å². The van der Waals surface area contributed by atoms with Crippen LogP contribution in [-0.4, -0.2) is 36.4 Å². The number of benzene rings is 1. The Bertz CT molecular complexity index is 571. The summed E-state index contributed by atoms with van der Waals surface area (Å²) in [6.07, 6.45) is 2.47. The van der Waals surface area contributed by atoms with Crippen molar-refractivity contribution in [3.8, 4) is 5.75 Å². The lowest BCUT2D eigenvalue weighted by atomic mass is 9.96. The van der Waals surface area contributed by atoms with Crippen LogP contribution in [0.25, 0.3) is 0 Å². The maximum Gasteiger partial charge on any atom is 0.225 e. The first kappa shape index (κ1) is 18.3. The monoisotopic (exact) mass is 332 g/mol. The molecule has 0 atom stereocenters. The fourth-order valence-corrected chi connectivity index (χ4v) is 2.43. The van der Waals surface area contributed by atoms with E-state index in [9.17, 15) is 9.59 Å². The molecule has 0 bridgehead atoms. The summed E-state index contributed by atoms with van der Waals surface area (Å²) >= 11 is 0. The minimum absolute atomic E-state index is 0.0246. The second kappa shape index (κ2) is 7.69. The van der Waals surface area contributed by atoms with Gasteiger partial charge in [0.25, 0.3) is 0 Å². The number of rotatable bonds is 7. The Hall–Kier alpha value is -2.04. The number of carbonyl (C=O) groups is 2. The molecule has 1 aliphatic carbocycles. The molecular weight excluding hydrogens is 304 g/mol. The van der Waals surface area contributed by atoms with Crippen LogP contribution in [0.4, 0.5) is 0 Å². The number of hydrogen-bond acceptors (Lipinski definition) is 3. The van der Waals surface area contributed by atoms with E-state index in [-0.39, 0.29) is 11.8 Å². The molecular formula is C19H28N2O3. The smallest absolute Gasteiger partial charge is 0.225 e. The molecule has 1 aromatic rings. The van der Waals surface area contributed by atoms with E-state index < -0.39 is 5.41 Å². The van der Waals surface area contributed by atoms with Gasteiger partial charge in [-0.1, -0.05) is 32.9 Å². The molecule has 2 rings (SSSR count). The van der Waals surface area contributed by atoms with Gasteiger partial charge in [-0.05, 0) is 30.5 Å². The van der Waals surface area contributed by atoms with Crippen LogP contribution >= 0.6 is 0 Å². The maximum absolute atomic E-state index is 12.5. The molecule has 1 aliphatic rings. The Balaban J connectivity index is 1.87. The summed E-state index contributed by atoms with van der Waals surface area (Å²) in [5, 5.41) is 2.84. The van der Waals surface area contributed by atoms with E-state index in [0.29, 0.717) is 25.6 Å². The quantitative estimate of drug-likeness (QED) is 0.835. The number of ether oxygens (including phenoxy) is 1.